The number of likely N-dealkylation sites (tertiary alicyclic amines) is 1. The van der Waals surface area contributed by atoms with Gasteiger partial charge in [0.15, 0.2) is 5.03 Å². The molecule has 2 aromatic rings. The first-order valence-corrected chi connectivity index (χ1v) is 21.2. The Morgan fingerprint density at radius 1 is 1.04 bits per heavy atom. The molecule has 296 valence electrons. The number of aromatic nitrogens is 2. The first kappa shape index (κ1) is 40.2. The van der Waals surface area contributed by atoms with Gasteiger partial charge in [0.2, 0.25) is 0 Å². The van der Waals surface area contributed by atoms with Gasteiger partial charge in [0.1, 0.15) is 28.5 Å². The molecule has 2 aliphatic heterocycles. The number of rotatable bonds is 13. The molecular formula is C39H55ClN6O7S. The van der Waals surface area contributed by atoms with Gasteiger partial charge in [0.05, 0.1) is 5.56 Å². The van der Waals surface area contributed by atoms with E-state index in [-0.39, 0.29) is 39.1 Å². The molecule has 0 bridgehead atoms. The van der Waals surface area contributed by atoms with Crippen LogP contribution in [0.3, 0.4) is 0 Å². The lowest BCUT2D eigenvalue weighted by atomic mass is 9.75. The molecule has 6 rings (SSSR count). The van der Waals surface area contributed by atoms with Gasteiger partial charge in [-0.15, -0.1) is 0 Å². The van der Waals surface area contributed by atoms with E-state index in [1.54, 1.807) is 17.0 Å². The number of ether oxygens (including phenoxy) is 2. The molecule has 0 radical (unpaired) electrons. The van der Waals surface area contributed by atoms with Crippen molar-refractivity contribution < 1.29 is 32.3 Å². The van der Waals surface area contributed by atoms with E-state index in [1.807, 2.05) is 39.3 Å². The monoisotopic (exact) mass is 786 g/mol. The van der Waals surface area contributed by atoms with Crippen molar-refractivity contribution in [3.63, 3.8) is 0 Å². The summed E-state index contributed by atoms with van der Waals surface area (Å²) in [6.45, 7) is 11.8. The summed E-state index contributed by atoms with van der Waals surface area (Å²) in [5, 5.41) is 2.60. The highest BCUT2D eigenvalue weighted by molar-refractivity contribution is 7.90. The third kappa shape index (κ3) is 9.47. The number of nitrogens with zero attached hydrogens (tertiary/aromatic N) is 4. The maximum absolute atomic E-state index is 13.2. The maximum atomic E-state index is 13.2. The Labute approximate surface area is 324 Å². The largest absolute Gasteiger partial charge is 0.444 e. The van der Waals surface area contributed by atoms with Crippen LogP contribution < -0.4 is 14.9 Å². The fourth-order valence-electron chi connectivity index (χ4n) is 8.50. The van der Waals surface area contributed by atoms with Crippen LogP contribution in [0.1, 0.15) is 116 Å². The Bertz CT molecular complexity index is 1830. The van der Waals surface area contributed by atoms with Crippen molar-refractivity contribution in [2.45, 2.75) is 128 Å². The summed E-state index contributed by atoms with van der Waals surface area (Å²) in [4.78, 5) is 50.9. The zero-order valence-electron chi connectivity index (χ0n) is 32.2. The predicted octanol–water partition coefficient (Wildman–Crippen LogP) is 6.96. The second kappa shape index (κ2) is 15.9. The molecule has 3 atom stereocenters. The molecule has 3 amide bonds. The molecule has 2 aliphatic carbocycles. The van der Waals surface area contributed by atoms with Gasteiger partial charge in [-0.25, -0.2) is 19.5 Å². The normalized spacial score (nSPS) is 23.4. The minimum absolute atomic E-state index is 0.153. The van der Waals surface area contributed by atoms with Gasteiger partial charge in [0.25, 0.3) is 21.8 Å². The third-order valence-electron chi connectivity index (χ3n) is 11.4. The molecule has 2 unspecified atom stereocenters. The first-order chi connectivity index (χ1) is 25.5. The SMILES string of the molecule is CC(C)(C)OC(=O)N1C[C@@H](CCCNc2cccc(S(=O)(=O)NC(=O)c3ccc(N4CCC(OCCC5CCCCC56CC6)C4=O)nc3Cl)n2)CC1(C)C. The number of carbonyl (C=O) groups excluding carboxylic acids is 3. The molecule has 4 aliphatic rings. The van der Waals surface area contributed by atoms with E-state index < -0.39 is 27.6 Å². The Kier molecular flexibility index (Phi) is 11.9. The summed E-state index contributed by atoms with van der Waals surface area (Å²) in [6.07, 6.45) is 11.0. The van der Waals surface area contributed by atoms with Crippen LogP contribution in [0.2, 0.25) is 5.15 Å². The number of carbonyl (C=O) groups is 3. The Morgan fingerprint density at radius 3 is 2.54 bits per heavy atom. The summed E-state index contributed by atoms with van der Waals surface area (Å²) in [6, 6.07) is 7.33. The molecule has 54 heavy (non-hydrogen) atoms. The molecule has 2 saturated carbocycles. The first-order valence-electron chi connectivity index (χ1n) is 19.3. The number of hydrogen-bond acceptors (Lipinski definition) is 10. The zero-order chi connectivity index (χ0) is 38.9. The van der Waals surface area contributed by atoms with Crippen molar-refractivity contribution >= 4 is 51.2 Å². The molecule has 2 N–H and O–H groups in total. The molecule has 15 heteroatoms. The second-order valence-electron chi connectivity index (χ2n) is 17.1. The van der Waals surface area contributed by atoms with Crippen molar-refractivity contribution in [3.8, 4) is 0 Å². The number of nitrogens with one attached hydrogen (secondary N) is 2. The van der Waals surface area contributed by atoms with Gasteiger partial charge in [-0.1, -0.05) is 30.5 Å². The standard InChI is InChI=1S/C39H55ClN6O7S/c1-37(2,3)53-36(49)46-25-26(24-38(46,4)5)10-9-21-41-30-12-8-13-32(42-30)54(50,51)44-34(47)28-14-15-31(43-33(28)40)45-22-16-29(35(45)48)52-23-17-27-11-6-7-18-39(27)19-20-39/h8,12-15,26-27,29H,6-7,9-11,16-25H2,1-5H3,(H,41,42)(H,44,47)/t26-,27?,29?/m0/s1. The van der Waals surface area contributed by atoms with E-state index in [9.17, 15) is 22.8 Å². The van der Waals surface area contributed by atoms with Crippen molar-refractivity contribution in [1.29, 1.82) is 0 Å². The molecule has 0 aromatic carbocycles. The van der Waals surface area contributed by atoms with Crippen molar-refractivity contribution in [3.05, 3.63) is 41.0 Å². The van der Waals surface area contributed by atoms with E-state index in [1.165, 1.54) is 61.6 Å². The van der Waals surface area contributed by atoms with E-state index in [0.717, 1.165) is 25.7 Å². The van der Waals surface area contributed by atoms with Crippen LogP contribution in [0.4, 0.5) is 16.4 Å². The summed E-state index contributed by atoms with van der Waals surface area (Å²) in [7, 11) is -4.36. The number of sulfonamides is 1. The van der Waals surface area contributed by atoms with Crippen LogP contribution in [0.15, 0.2) is 35.4 Å². The van der Waals surface area contributed by atoms with E-state index in [0.29, 0.717) is 55.7 Å². The average molecular weight is 787 g/mol. The van der Waals surface area contributed by atoms with Gasteiger partial charge in [-0.3, -0.25) is 14.5 Å². The van der Waals surface area contributed by atoms with Gasteiger partial charge in [-0.2, -0.15) is 8.42 Å². The van der Waals surface area contributed by atoms with Gasteiger partial charge < -0.3 is 19.7 Å². The van der Waals surface area contributed by atoms with E-state index in [4.69, 9.17) is 21.1 Å². The van der Waals surface area contributed by atoms with Crippen molar-refractivity contribution in [1.82, 2.24) is 19.6 Å². The molecule has 2 aromatic heterocycles. The summed E-state index contributed by atoms with van der Waals surface area (Å²) < 4.78 is 40.1. The van der Waals surface area contributed by atoms with Crippen LogP contribution in [0.25, 0.3) is 0 Å². The lowest BCUT2D eigenvalue weighted by Gasteiger charge is -2.33. The van der Waals surface area contributed by atoms with E-state index in [2.05, 4.69) is 15.3 Å². The van der Waals surface area contributed by atoms with Crippen molar-refractivity contribution in [2.24, 2.45) is 17.3 Å². The van der Waals surface area contributed by atoms with Crippen LogP contribution in [0.5, 0.6) is 0 Å². The Hall–Kier alpha value is -3.49. The van der Waals surface area contributed by atoms with Crippen LogP contribution in [-0.4, -0.2) is 84.7 Å². The molecule has 1 spiro atoms. The molecule has 4 fully saturated rings. The Morgan fingerprint density at radius 2 is 1.81 bits per heavy atom. The summed E-state index contributed by atoms with van der Waals surface area (Å²) in [5.74, 6) is 0.439. The summed E-state index contributed by atoms with van der Waals surface area (Å²) in [5.41, 5.74) is -0.494. The lowest BCUT2D eigenvalue weighted by molar-refractivity contribution is -0.127. The smallest absolute Gasteiger partial charge is 0.410 e. The number of anilines is 2. The zero-order valence-corrected chi connectivity index (χ0v) is 33.7. The van der Waals surface area contributed by atoms with Gasteiger partial charge in [-0.05, 0) is 128 Å². The van der Waals surface area contributed by atoms with Gasteiger partial charge >= 0.3 is 6.09 Å². The highest BCUT2D eigenvalue weighted by atomic mass is 35.5. The molecule has 13 nitrogen and oxygen atoms in total. The van der Waals surface area contributed by atoms with Crippen molar-refractivity contribution in [2.75, 3.05) is 36.5 Å². The summed E-state index contributed by atoms with van der Waals surface area (Å²) >= 11 is 6.38. The molecule has 2 saturated heterocycles. The minimum atomic E-state index is -4.36. The maximum Gasteiger partial charge on any atom is 0.410 e. The fourth-order valence-corrected chi connectivity index (χ4v) is 9.67. The van der Waals surface area contributed by atoms with Crippen LogP contribution >= 0.6 is 11.6 Å². The lowest BCUT2D eigenvalue weighted by Crippen LogP contribution is -2.45. The fraction of sp³-hybridized carbons (Fsp3) is 0.667. The van der Waals surface area contributed by atoms with Crippen LogP contribution in [-0.2, 0) is 24.3 Å². The number of amides is 3. The van der Waals surface area contributed by atoms with Crippen LogP contribution in [0, 0.1) is 17.3 Å². The number of halogens is 1. The second-order valence-corrected chi connectivity index (χ2v) is 19.1. The quantitative estimate of drug-likeness (QED) is 0.161. The van der Waals surface area contributed by atoms with Gasteiger partial charge in [0, 0.05) is 38.2 Å². The number of pyridine rings is 2. The average Bonchev–Trinajstić information content (AvgIpc) is 3.66. The Balaban J connectivity index is 0.970. The highest BCUT2D eigenvalue weighted by Gasteiger charge is 2.49. The number of hydrogen-bond donors (Lipinski definition) is 2. The predicted molar refractivity (Wildman–Crippen MR) is 206 cm³/mol. The third-order valence-corrected chi connectivity index (χ3v) is 12.9. The highest BCUT2D eigenvalue weighted by Crippen LogP contribution is 2.60. The minimum Gasteiger partial charge on any atom is -0.444 e. The topological polar surface area (TPSA) is 160 Å². The van der Waals surface area contributed by atoms with E-state index >= 15 is 0 Å². The molecular weight excluding hydrogens is 732 g/mol. The molecule has 4 heterocycles.